The van der Waals surface area contributed by atoms with E-state index in [1.807, 2.05) is 13.8 Å². The quantitative estimate of drug-likeness (QED) is 0.828. The summed E-state index contributed by atoms with van der Waals surface area (Å²) in [6.07, 6.45) is 4.48. The lowest BCUT2D eigenvalue weighted by atomic mass is 9.79. The second kappa shape index (κ2) is 6.04. The van der Waals surface area contributed by atoms with Crippen molar-refractivity contribution >= 4 is 5.78 Å². The van der Waals surface area contributed by atoms with E-state index in [0.29, 0.717) is 24.1 Å². The van der Waals surface area contributed by atoms with Gasteiger partial charge >= 0.3 is 0 Å². The van der Waals surface area contributed by atoms with Gasteiger partial charge in [-0.2, -0.15) is 4.98 Å². The summed E-state index contributed by atoms with van der Waals surface area (Å²) in [5.41, 5.74) is -0.441. The zero-order valence-corrected chi connectivity index (χ0v) is 12.8. The Hall–Kier alpha value is -1.23. The third-order valence-corrected chi connectivity index (χ3v) is 4.52. The van der Waals surface area contributed by atoms with Crippen LogP contribution in [0.3, 0.4) is 0 Å². The predicted octanol–water partition coefficient (Wildman–Crippen LogP) is 3.20. The van der Waals surface area contributed by atoms with Crippen molar-refractivity contribution in [2.75, 3.05) is 7.11 Å². The minimum atomic E-state index is -0.441. The van der Waals surface area contributed by atoms with Gasteiger partial charge in [0.2, 0.25) is 11.7 Å². The first-order valence-electron chi connectivity index (χ1n) is 7.44. The highest BCUT2D eigenvalue weighted by Gasteiger charge is 2.40. The summed E-state index contributed by atoms with van der Waals surface area (Å²) in [5, 5.41) is 4.08. The number of Topliss-reactive ketones (excluding diaryl/α,β-unsaturated/α-hetero) is 1. The van der Waals surface area contributed by atoms with Crippen LogP contribution in [0, 0.1) is 5.92 Å². The summed E-state index contributed by atoms with van der Waals surface area (Å²) in [6.45, 7) is 5.91. The maximum Gasteiger partial charge on any atom is 0.237 e. The number of nitrogens with zero attached hydrogens (tertiary/aromatic N) is 2. The highest BCUT2D eigenvalue weighted by molar-refractivity contribution is 5.83. The number of carbonyl (C=O) groups excluding carboxylic acids is 1. The van der Waals surface area contributed by atoms with Crippen molar-refractivity contribution in [3.8, 4) is 0 Å². The van der Waals surface area contributed by atoms with E-state index in [9.17, 15) is 4.79 Å². The molecule has 112 valence electrons. The Morgan fingerprint density at radius 3 is 2.70 bits per heavy atom. The van der Waals surface area contributed by atoms with E-state index < -0.39 is 5.60 Å². The lowest BCUT2D eigenvalue weighted by Gasteiger charge is -2.35. The van der Waals surface area contributed by atoms with Gasteiger partial charge in [-0.05, 0) is 38.5 Å². The highest BCUT2D eigenvalue weighted by atomic mass is 16.5. The molecule has 0 spiro atoms. The number of ether oxygens (including phenoxy) is 1. The molecule has 0 radical (unpaired) electrons. The summed E-state index contributed by atoms with van der Waals surface area (Å²) in [7, 11) is 1.70. The molecule has 2 rings (SSSR count). The second-order valence-corrected chi connectivity index (χ2v) is 5.88. The van der Waals surface area contributed by atoms with E-state index in [1.54, 1.807) is 7.11 Å². The van der Waals surface area contributed by atoms with Crippen LogP contribution in [0.15, 0.2) is 4.52 Å². The number of ketones is 1. The third kappa shape index (κ3) is 2.77. The number of rotatable bonds is 5. The molecule has 0 saturated heterocycles. The fraction of sp³-hybridized carbons (Fsp3) is 0.800. The Labute approximate surface area is 120 Å². The Kier molecular flexibility index (Phi) is 4.58. The first-order chi connectivity index (χ1) is 9.52. The predicted molar refractivity (Wildman–Crippen MR) is 74.3 cm³/mol. The summed E-state index contributed by atoms with van der Waals surface area (Å²) in [4.78, 5) is 16.2. The van der Waals surface area contributed by atoms with Crippen LogP contribution >= 0.6 is 0 Å². The standard InChI is InChI=1S/C15H24N2O3/c1-5-12(18)11(3)13-16-14(17-20-13)15(19-4)8-6-10(2)7-9-15/h10-11H,5-9H2,1-4H3. The van der Waals surface area contributed by atoms with Gasteiger partial charge in [0.1, 0.15) is 11.4 Å². The largest absolute Gasteiger partial charge is 0.370 e. The maximum atomic E-state index is 11.7. The monoisotopic (exact) mass is 280 g/mol. The van der Waals surface area contributed by atoms with Crippen molar-refractivity contribution in [1.29, 1.82) is 0 Å². The summed E-state index contributed by atoms with van der Waals surface area (Å²) in [5.74, 6) is 1.49. The lowest BCUT2D eigenvalue weighted by molar-refractivity contribution is -0.120. The second-order valence-electron chi connectivity index (χ2n) is 5.88. The van der Waals surface area contributed by atoms with Crippen molar-refractivity contribution in [2.24, 2.45) is 5.92 Å². The van der Waals surface area contributed by atoms with E-state index in [1.165, 1.54) is 0 Å². The molecule has 20 heavy (non-hydrogen) atoms. The first kappa shape index (κ1) is 15.2. The molecule has 1 unspecified atom stereocenters. The van der Waals surface area contributed by atoms with Crippen molar-refractivity contribution in [2.45, 2.75) is 64.4 Å². The Bertz CT molecular complexity index is 461. The van der Waals surface area contributed by atoms with Crippen LogP contribution in [0.5, 0.6) is 0 Å². The molecule has 0 N–H and O–H groups in total. The van der Waals surface area contributed by atoms with E-state index in [4.69, 9.17) is 9.26 Å². The third-order valence-electron chi connectivity index (χ3n) is 4.52. The van der Waals surface area contributed by atoms with Gasteiger partial charge in [0.25, 0.3) is 0 Å². The molecule has 1 fully saturated rings. The number of aromatic nitrogens is 2. The molecule has 1 aromatic heterocycles. The molecular weight excluding hydrogens is 256 g/mol. The molecule has 1 aromatic rings. The summed E-state index contributed by atoms with van der Waals surface area (Å²) >= 11 is 0. The number of carbonyl (C=O) groups is 1. The molecule has 5 nitrogen and oxygen atoms in total. The van der Waals surface area contributed by atoms with E-state index in [-0.39, 0.29) is 11.7 Å². The smallest absolute Gasteiger partial charge is 0.237 e. The molecular formula is C15H24N2O3. The van der Waals surface area contributed by atoms with Crippen LogP contribution in [0.1, 0.15) is 70.5 Å². The van der Waals surface area contributed by atoms with Crippen LogP contribution in [-0.2, 0) is 15.1 Å². The van der Waals surface area contributed by atoms with Crippen LogP contribution < -0.4 is 0 Å². The number of methoxy groups -OCH3 is 1. The Balaban J connectivity index is 2.20. The topological polar surface area (TPSA) is 65.2 Å². The van der Waals surface area contributed by atoms with Gasteiger partial charge < -0.3 is 9.26 Å². The van der Waals surface area contributed by atoms with Crippen molar-refractivity contribution < 1.29 is 14.1 Å². The number of hydrogen-bond donors (Lipinski definition) is 0. The van der Waals surface area contributed by atoms with Gasteiger partial charge in [-0.1, -0.05) is 19.0 Å². The zero-order chi connectivity index (χ0) is 14.8. The van der Waals surface area contributed by atoms with Gasteiger partial charge in [-0.25, -0.2) is 0 Å². The Morgan fingerprint density at radius 1 is 1.50 bits per heavy atom. The fourth-order valence-corrected chi connectivity index (χ4v) is 2.79. The molecule has 0 aromatic carbocycles. The van der Waals surface area contributed by atoms with E-state index in [0.717, 1.165) is 25.7 Å². The van der Waals surface area contributed by atoms with E-state index >= 15 is 0 Å². The van der Waals surface area contributed by atoms with Gasteiger partial charge in [-0.15, -0.1) is 0 Å². The highest BCUT2D eigenvalue weighted by Crippen LogP contribution is 2.41. The van der Waals surface area contributed by atoms with Gasteiger partial charge in [0, 0.05) is 13.5 Å². The average molecular weight is 280 g/mol. The van der Waals surface area contributed by atoms with Gasteiger partial charge in [0.15, 0.2) is 0 Å². The van der Waals surface area contributed by atoms with Crippen LogP contribution in [0.2, 0.25) is 0 Å². The SMILES string of the molecule is CCC(=O)C(C)c1nc(C2(OC)CCC(C)CC2)no1. The van der Waals surface area contributed by atoms with Gasteiger partial charge in [0.05, 0.1) is 5.92 Å². The molecule has 1 aliphatic carbocycles. The van der Waals surface area contributed by atoms with Crippen LogP contribution in [0.25, 0.3) is 0 Å². The van der Waals surface area contributed by atoms with Crippen molar-refractivity contribution in [3.63, 3.8) is 0 Å². The molecule has 5 heteroatoms. The van der Waals surface area contributed by atoms with Crippen molar-refractivity contribution in [3.05, 3.63) is 11.7 Å². The average Bonchev–Trinajstić information content (AvgIpc) is 2.97. The van der Waals surface area contributed by atoms with Gasteiger partial charge in [-0.3, -0.25) is 4.79 Å². The molecule has 1 aliphatic rings. The molecule has 0 amide bonds. The normalized spacial score (nSPS) is 28.3. The first-order valence-corrected chi connectivity index (χ1v) is 7.44. The summed E-state index contributed by atoms with van der Waals surface area (Å²) in [6, 6.07) is 0. The van der Waals surface area contributed by atoms with Crippen LogP contribution in [0.4, 0.5) is 0 Å². The molecule has 1 heterocycles. The molecule has 0 aliphatic heterocycles. The molecule has 1 saturated carbocycles. The van der Waals surface area contributed by atoms with Crippen molar-refractivity contribution in [1.82, 2.24) is 10.1 Å². The Morgan fingerprint density at radius 2 is 2.15 bits per heavy atom. The zero-order valence-electron chi connectivity index (χ0n) is 12.8. The van der Waals surface area contributed by atoms with Crippen LogP contribution in [-0.4, -0.2) is 23.0 Å². The summed E-state index contributed by atoms with van der Waals surface area (Å²) < 4.78 is 11.0. The number of hydrogen-bond acceptors (Lipinski definition) is 5. The molecule has 0 bridgehead atoms. The minimum Gasteiger partial charge on any atom is -0.370 e. The minimum absolute atomic E-state index is 0.115. The lowest BCUT2D eigenvalue weighted by Crippen LogP contribution is -2.34. The van der Waals surface area contributed by atoms with E-state index in [2.05, 4.69) is 17.1 Å². The maximum absolute atomic E-state index is 11.7. The molecule has 1 atom stereocenters. The fourth-order valence-electron chi connectivity index (χ4n) is 2.79.